The molecule has 3 aromatic carbocycles. The number of carbonyl (C=O) groups excluding carboxylic acids is 1. The molecular weight excluding hydrogens is 526 g/mol. The van der Waals surface area contributed by atoms with Crippen molar-refractivity contribution in [1.82, 2.24) is 0 Å². The van der Waals surface area contributed by atoms with E-state index >= 15 is 0 Å². The number of benzene rings is 3. The number of nitrogens with one attached hydrogen (secondary N) is 1. The molecule has 0 unspecified atom stereocenters. The molecule has 0 aromatic heterocycles. The zero-order valence-corrected chi connectivity index (χ0v) is 22.3. The Morgan fingerprint density at radius 2 is 1.42 bits per heavy atom. The van der Waals surface area contributed by atoms with Crippen molar-refractivity contribution in [3.8, 4) is 28.7 Å². The maximum atomic E-state index is 12.5. The standard InChI is InChI=1S/C28H28BrNO6/c1-32-21-8-6-7-20(17-21)24(31)11-12-30-23-14-18(13-22(29)27(23)35-4)9-10-19-15-25(33-2)28(36-5)26(16-19)34-3/h6-17,30H,1-5H3/b10-9-,12-11-. The molecular formula is C28H28BrNO6. The van der Waals surface area contributed by atoms with Crippen molar-refractivity contribution < 1.29 is 28.5 Å². The van der Waals surface area contributed by atoms with Gasteiger partial charge in [-0.05, 0) is 63.5 Å². The SMILES string of the molecule is COc1cccc(C(=O)/C=C\Nc2cc(/C=C\c3cc(OC)c(OC)c(OC)c3)cc(Br)c2OC)c1. The molecule has 188 valence electrons. The molecule has 1 N–H and O–H groups in total. The number of rotatable bonds is 11. The average Bonchev–Trinajstić information content (AvgIpc) is 2.90. The van der Waals surface area contributed by atoms with Crippen LogP contribution in [0.2, 0.25) is 0 Å². The fourth-order valence-corrected chi connectivity index (χ4v) is 4.13. The number of hydrogen-bond donors (Lipinski definition) is 1. The van der Waals surface area contributed by atoms with E-state index in [1.54, 1.807) is 66.0 Å². The molecule has 3 rings (SSSR count). The fourth-order valence-electron chi connectivity index (χ4n) is 3.50. The zero-order chi connectivity index (χ0) is 26.1. The molecule has 3 aromatic rings. The number of ketones is 1. The summed E-state index contributed by atoms with van der Waals surface area (Å²) in [5, 5.41) is 3.15. The van der Waals surface area contributed by atoms with E-state index in [1.165, 1.54) is 6.08 Å². The predicted octanol–water partition coefficient (Wildman–Crippen LogP) is 6.47. The zero-order valence-electron chi connectivity index (χ0n) is 20.8. The largest absolute Gasteiger partial charge is 0.497 e. The van der Waals surface area contributed by atoms with Crippen molar-refractivity contribution in [2.75, 3.05) is 40.9 Å². The number of carbonyl (C=O) groups is 1. The number of methoxy groups -OCH3 is 5. The highest BCUT2D eigenvalue weighted by molar-refractivity contribution is 9.10. The van der Waals surface area contributed by atoms with Gasteiger partial charge in [0.25, 0.3) is 0 Å². The van der Waals surface area contributed by atoms with E-state index < -0.39 is 0 Å². The van der Waals surface area contributed by atoms with Crippen molar-refractivity contribution >= 4 is 39.6 Å². The van der Waals surface area contributed by atoms with E-state index in [1.807, 2.05) is 36.4 Å². The summed E-state index contributed by atoms with van der Waals surface area (Å²) in [5.41, 5.74) is 2.98. The summed E-state index contributed by atoms with van der Waals surface area (Å²) >= 11 is 3.56. The minimum Gasteiger partial charge on any atom is -0.497 e. The van der Waals surface area contributed by atoms with Crippen LogP contribution in [-0.2, 0) is 0 Å². The predicted molar refractivity (Wildman–Crippen MR) is 146 cm³/mol. The molecule has 36 heavy (non-hydrogen) atoms. The Hall–Kier alpha value is -3.91. The topological polar surface area (TPSA) is 75.3 Å². The van der Waals surface area contributed by atoms with E-state index in [-0.39, 0.29) is 5.78 Å². The molecule has 7 nitrogen and oxygen atoms in total. The minimum atomic E-state index is -0.155. The Morgan fingerprint density at radius 1 is 0.778 bits per heavy atom. The molecule has 0 atom stereocenters. The normalized spacial score (nSPS) is 10.9. The van der Waals surface area contributed by atoms with Crippen LogP contribution in [0.15, 0.2) is 65.3 Å². The van der Waals surface area contributed by atoms with Gasteiger partial charge in [0.05, 0.1) is 45.7 Å². The first-order valence-corrected chi connectivity index (χ1v) is 11.7. The maximum absolute atomic E-state index is 12.5. The van der Waals surface area contributed by atoms with Crippen LogP contribution in [0.1, 0.15) is 21.5 Å². The molecule has 0 heterocycles. The lowest BCUT2D eigenvalue weighted by molar-refractivity contribution is 0.104. The highest BCUT2D eigenvalue weighted by atomic mass is 79.9. The highest BCUT2D eigenvalue weighted by Crippen LogP contribution is 2.39. The third kappa shape index (κ3) is 6.40. The van der Waals surface area contributed by atoms with Crippen LogP contribution in [0.4, 0.5) is 5.69 Å². The Morgan fingerprint density at radius 3 is 2.00 bits per heavy atom. The molecule has 0 bridgehead atoms. The number of hydrogen-bond acceptors (Lipinski definition) is 7. The van der Waals surface area contributed by atoms with E-state index in [2.05, 4.69) is 21.2 Å². The van der Waals surface area contributed by atoms with Crippen LogP contribution in [0.5, 0.6) is 28.7 Å². The molecule has 0 aliphatic rings. The van der Waals surface area contributed by atoms with Crippen molar-refractivity contribution in [2.24, 2.45) is 0 Å². The molecule has 0 saturated heterocycles. The van der Waals surface area contributed by atoms with Gasteiger partial charge in [0.15, 0.2) is 23.0 Å². The molecule has 8 heteroatoms. The third-order valence-corrected chi connectivity index (χ3v) is 5.84. The van der Waals surface area contributed by atoms with Crippen molar-refractivity contribution in [1.29, 1.82) is 0 Å². The van der Waals surface area contributed by atoms with Gasteiger partial charge in [0.2, 0.25) is 5.75 Å². The van der Waals surface area contributed by atoms with Gasteiger partial charge in [-0.15, -0.1) is 0 Å². The summed E-state index contributed by atoms with van der Waals surface area (Å²) in [5.74, 6) is 2.75. The third-order valence-electron chi connectivity index (χ3n) is 5.25. The maximum Gasteiger partial charge on any atom is 0.203 e. The number of anilines is 1. The van der Waals surface area contributed by atoms with Gasteiger partial charge in [-0.25, -0.2) is 0 Å². The van der Waals surface area contributed by atoms with Crippen LogP contribution < -0.4 is 29.0 Å². The number of halogens is 1. The lowest BCUT2D eigenvalue weighted by Crippen LogP contribution is -1.99. The quantitative estimate of drug-likeness (QED) is 0.165. The van der Waals surface area contributed by atoms with Gasteiger partial charge in [-0.1, -0.05) is 24.3 Å². The molecule has 0 aliphatic heterocycles. The van der Waals surface area contributed by atoms with Crippen molar-refractivity contribution in [3.63, 3.8) is 0 Å². The second-order valence-corrected chi connectivity index (χ2v) is 8.30. The average molecular weight is 554 g/mol. The van der Waals surface area contributed by atoms with Crippen LogP contribution in [-0.4, -0.2) is 41.3 Å². The fraction of sp³-hybridized carbons (Fsp3) is 0.179. The first-order valence-electron chi connectivity index (χ1n) is 10.9. The second-order valence-electron chi connectivity index (χ2n) is 7.45. The lowest BCUT2D eigenvalue weighted by Gasteiger charge is -2.13. The lowest BCUT2D eigenvalue weighted by atomic mass is 10.1. The minimum absolute atomic E-state index is 0.155. The molecule has 0 saturated carbocycles. The smallest absolute Gasteiger partial charge is 0.203 e. The Balaban J connectivity index is 1.85. The molecule has 0 radical (unpaired) electrons. The van der Waals surface area contributed by atoms with Crippen LogP contribution in [0, 0.1) is 0 Å². The van der Waals surface area contributed by atoms with Crippen LogP contribution in [0.3, 0.4) is 0 Å². The summed E-state index contributed by atoms with van der Waals surface area (Å²) in [7, 11) is 7.87. The van der Waals surface area contributed by atoms with E-state index in [0.29, 0.717) is 40.0 Å². The van der Waals surface area contributed by atoms with Crippen LogP contribution >= 0.6 is 15.9 Å². The van der Waals surface area contributed by atoms with Crippen molar-refractivity contribution in [2.45, 2.75) is 0 Å². The summed E-state index contributed by atoms with van der Waals surface area (Å²) in [6.45, 7) is 0. The molecule has 0 amide bonds. The summed E-state index contributed by atoms with van der Waals surface area (Å²) < 4.78 is 27.7. The Kier molecular flexibility index (Phi) is 9.41. The first-order chi connectivity index (χ1) is 17.4. The second kappa shape index (κ2) is 12.7. The summed E-state index contributed by atoms with van der Waals surface area (Å²) in [6.07, 6.45) is 6.92. The van der Waals surface area contributed by atoms with Gasteiger partial charge in [0.1, 0.15) is 5.75 Å². The van der Waals surface area contributed by atoms with Crippen molar-refractivity contribution in [3.05, 3.63) is 82.0 Å². The molecule has 0 spiro atoms. The van der Waals surface area contributed by atoms with E-state index in [4.69, 9.17) is 23.7 Å². The van der Waals surface area contributed by atoms with Crippen LogP contribution in [0.25, 0.3) is 12.2 Å². The van der Waals surface area contributed by atoms with Gasteiger partial charge in [-0.3, -0.25) is 4.79 Å². The Labute approximate surface area is 219 Å². The van der Waals surface area contributed by atoms with Gasteiger partial charge in [-0.2, -0.15) is 0 Å². The number of ether oxygens (including phenoxy) is 5. The van der Waals surface area contributed by atoms with E-state index in [9.17, 15) is 4.79 Å². The highest BCUT2D eigenvalue weighted by Gasteiger charge is 2.13. The first kappa shape index (κ1) is 26.7. The summed E-state index contributed by atoms with van der Waals surface area (Å²) in [6, 6.07) is 14.6. The number of allylic oxidation sites excluding steroid dienone is 1. The van der Waals surface area contributed by atoms with Gasteiger partial charge in [0, 0.05) is 17.8 Å². The van der Waals surface area contributed by atoms with E-state index in [0.717, 1.165) is 15.6 Å². The van der Waals surface area contributed by atoms with Gasteiger partial charge < -0.3 is 29.0 Å². The monoisotopic (exact) mass is 553 g/mol. The summed E-state index contributed by atoms with van der Waals surface area (Å²) in [4.78, 5) is 12.5. The molecule has 0 fully saturated rings. The van der Waals surface area contributed by atoms with Gasteiger partial charge >= 0.3 is 0 Å². The molecule has 0 aliphatic carbocycles. The Bertz CT molecular complexity index is 1260.